The highest BCUT2D eigenvalue weighted by Gasteiger charge is 2.17. The van der Waals surface area contributed by atoms with Crippen molar-refractivity contribution in [2.75, 3.05) is 0 Å². The van der Waals surface area contributed by atoms with E-state index in [1.165, 1.54) is 95.5 Å². The zero-order chi connectivity index (χ0) is 21.2. The number of rotatable bonds is 19. The van der Waals surface area contributed by atoms with E-state index >= 15 is 0 Å². The third-order valence-electron chi connectivity index (χ3n) is 6.00. The Kier molecular flexibility index (Phi) is 15.3. The summed E-state index contributed by atoms with van der Waals surface area (Å²) >= 11 is 5.34. The summed E-state index contributed by atoms with van der Waals surface area (Å²) in [5, 5.41) is -0.183. The maximum Gasteiger partial charge on any atom is 0.221 e. The molecule has 166 valence electrons. The highest BCUT2D eigenvalue weighted by Crippen LogP contribution is 2.28. The molecule has 0 spiro atoms. The fourth-order valence-electron chi connectivity index (χ4n) is 4.23. The minimum Gasteiger partial charge on any atom is -0.281 e. The number of hydrogen-bond acceptors (Lipinski definition) is 1. The first-order chi connectivity index (χ1) is 14.0. The molecule has 29 heavy (non-hydrogen) atoms. The van der Waals surface area contributed by atoms with E-state index in [9.17, 15) is 4.79 Å². The SMILES string of the molecule is CC(C)(CCCCCCCCCCCCCCCCC(=O)Cl)Cc1ccccc1. The largest absolute Gasteiger partial charge is 0.281 e. The van der Waals surface area contributed by atoms with Crippen molar-refractivity contribution in [1.82, 2.24) is 0 Å². The molecule has 0 saturated carbocycles. The van der Waals surface area contributed by atoms with Gasteiger partial charge in [-0.15, -0.1) is 0 Å². The molecule has 1 rings (SSSR count). The summed E-state index contributed by atoms with van der Waals surface area (Å²) in [7, 11) is 0. The molecule has 0 aliphatic rings. The van der Waals surface area contributed by atoms with Gasteiger partial charge >= 0.3 is 0 Å². The normalized spacial score (nSPS) is 11.7. The molecule has 0 N–H and O–H groups in total. The van der Waals surface area contributed by atoms with Crippen LogP contribution in [0.1, 0.15) is 122 Å². The monoisotopic (exact) mass is 420 g/mol. The second-order valence-corrected chi connectivity index (χ2v) is 10.1. The van der Waals surface area contributed by atoms with Gasteiger partial charge in [0.05, 0.1) is 0 Å². The molecule has 0 aliphatic carbocycles. The summed E-state index contributed by atoms with van der Waals surface area (Å²) in [5.74, 6) is 0. The molecule has 1 aromatic carbocycles. The van der Waals surface area contributed by atoms with Crippen LogP contribution in [0, 0.1) is 5.41 Å². The van der Waals surface area contributed by atoms with Gasteiger partial charge in [0, 0.05) is 6.42 Å². The highest BCUT2D eigenvalue weighted by molar-refractivity contribution is 6.63. The summed E-state index contributed by atoms with van der Waals surface area (Å²) in [6.07, 6.45) is 21.7. The van der Waals surface area contributed by atoms with Crippen molar-refractivity contribution < 1.29 is 4.79 Å². The predicted molar refractivity (Wildman–Crippen MR) is 129 cm³/mol. The van der Waals surface area contributed by atoms with Gasteiger partial charge < -0.3 is 0 Å². The molecule has 0 aliphatic heterocycles. The van der Waals surface area contributed by atoms with E-state index in [0.29, 0.717) is 11.8 Å². The number of benzene rings is 1. The van der Waals surface area contributed by atoms with Crippen molar-refractivity contribution in [2.24, 2.45) is 5.41 Å². The Balaban J connectivity index is 1.82. The van der Waals surface area contributed by atoms with Gasteiger partial charge in [-0.25, -0.2) is 0 Å². The van der Waals surface area contributed by atoms with Crippen LogP contribution >= 0.6 is 11.6 Å². The zero-order valence-corrected chi connectivity index (χ0v) is 19.9. The predicted octanol–water partition coefficient (Wildman–Crippen LogP) is 9.26. The van der Waals surface area contributed by atoms with Crippen molar-refractivity contribution in [1.29, 1.82) is 0 Å². The molecule has 0 radical (unpaired) electrons. The minimum atomic E-state index is -0.183. The number of halogens is 1. The maximum absolute atomic E-state index is 10.6. The Labute approximate surface area is 186 Å². The van der Waals surface area contributed by atoms with Crippen molar-refractivity contribution >= 4 is 16.8 Å². The maximum atomic E-state index is 10.6. The van der Waals surface area contributed by atoms with Crippen molar-refractivity contribution in [3.63, 3.8) is 0 Å². The summed E-state index contributed by atoms with van der Waals surface area (Å²) in [4.78, 5) is 10.6. The molecule has 0 atom stereocenters. The van der Waals surface area contributed by atoms with E-state index < -0.39 is 0 Å². The lowest BCUT2D eigenvalue weighted by molar-refractivity contribution is -0.111. The van der Waals surface area contributed by atoms with Crippen molar-refractivity contribution in [2.45, 2.75) is 123 Å². The van der Waals surface area contributed by atoms with Crippen LogP contribution in [0.3, 0.4) is 0 Å². The second kappa shape index (κ2) is 16.9. The van der Waals surface area contributed by atoms with Crippen molar-refractivity contribution in [3.8, 4) is 0 Å². The summed E-state index contributed by atoms with van der Waals surface area (Å²) in [5.41, 5.74) is 1.89. The van der Waals surface area contributed by atoms with Gasteiger partial charge in [0.1, 0.15) is 0 Å². The summed E-state index contributed by atoms with van der Waals surface area (Å²) in [6, 6.07) is 10.9. The van der Waals surface area contributed by atoms with Crippen molar-refractivity contribution in [3.05, 3.63) is 35.9 Å². The first kappa shape index (κ1) is 26.2. The van der Waals surface area contributed by atoms with Crippen LogP contribution in [0.25, 0.3) is 0 Å². The lowest BCUT2D eigenvalue weighted by Gasteiger charge is -2.24. The van der Waals surface area contributed by atoms with Crippen LogP contribution in [-0.2, 0) is 11.2 Å². The van der Waals surface area contributed by atoms with Crippen LogP contribution in [0.15, 0.2) is 30.3 Å². The van der Waals surface area contributed by atoms with Crippen LogP contribution in [-0.4, -0.2) is 5.24 Å². The highest BCUT2D eigenvalue weighted by atomic mass is 35.5. The van der Waals surface area contributed by atoms with E-state index in [2.05, 4.69) is 44.2 Å². The van der Waals surface area contributed by atoms with Gasteiger partial charge in [-0.1, -0.05) is 128 Å². The van der Waals surface area contributed by atoms with E-state index in [1.54, 1.807) is 0 Å². The Bertz CT molecular complexity index is 509. The molecule has 0 amide bonds. The molecule has 0 aromatic heterocycles. The number of carbonyl (C=O) groups is 1. The molecule has 1 nitrogen and oxygen atoms in total. The molecular formula is C27H45ClO. The van der Waals surface area contributed by atoms with Gasteiger partial charge in [-0.3, -0.25) is 4.79 Å². The number of carbonyl (C=O) groups excluding carboxylic acids is 1. The Morgan fingerprint density at radius 3 is 1.55 bits per heavy atom. The van der Waals surface area contributed by atoms with Gasteiger partial charge in [0.15, 0.2) is 0 Å². The average Bonchev–Trinajstić information content (AvgIpc) is 2.67. The van der Waals surface area contributed by atoms with Gasteiger partial charge in [-0.2, -0.15) is 0 Å². The average molecular weight is 421 g/mol. The zero-order valence-electron chi connectivity index (χ0n) is 19.2. The molecule has 0 heterocycles. The molecular weight excluding hydrogens is 376 g/mol. The molecule has 1 aromatic rings. The van der Waals surface area contributed by atoms with Gasteiger partial charge in [-0.05, 0) is 41.8 Å². The second-order valence-electron chi connectivity index (χ2n) is 9.63. The third-order valence-corrected chi connectivity index (χ3v) is 6.19. The van der Waals surface area contributed by atoms with Crippen LogP contribution < -0.4 is 0 Å². The summed E-state index contributed by atoms with van der Waals surface area (Å²) in [6.45, 7) is 4.83. The molecule has 0 unspecified atom stereocenters. The fraction of sp³-hybridized carbons (Fsp3) is 0.741. The Morgan fingerprint density at radius 2 is 1.10 bits per heavy atom. The van der Waals surface area contributed by atoms with Crippen LogP contribution in [0.2, 0.25) is 0 Å². The quantitative estimate of drug-likeness (QED) is 0.161. The van der Waals surface area contributed by atoms with E-state index in [0.717, 1.165) is 12.8 Å². The standard InChI is InChI=1S/C27H45ClO/c1-27(2,24-25-20-16-15-17-21-25)23-19-14-12-10-8-6-4-3-5-7-9-11-13-18-22-26(28)29/h15-17,20-21H,3-14,18-19,22-24H2,1-2H3. The topological polar surface area (TPSA) is 17.1 Å². The van der Waals surface area contributed by atoms with Gasteiger partial charge in [0.2, 0.25) is 5.24 Å². The van der Waals surface area contributed by atoms with Crippen LogP contribution in [0.5, 0.6) is 0 Å². The smallest absolute Gasteiger partial charge is 0.221 e. The molecule has 2 heteroatoms. The summed E-state index contributed by atoms with van der Waals surface area (Å²) < 4.78 is 0. The molecule has 0 fully saturated rings. The van der Waals surface area contributed by atoms with Crippen LogP contribution in [0.4, 0.5) is 0 Å². The Hall–Kier alpha value is -0.820. The fourth-order valence-corrected chi connectivity index (χ4v) is 4.36. The first-order valence-electron chi connectivity index (χ1n) is 12.2. The minimum absolute atomic E-state index is 0.183. The lowest BCUT2D eigenvalue weighted by Crippen LogP contribution is -2.14. The molecule has 0 bridgehead atoms. The van der Waals surface area contributed by atoms with E-state index in [4.69, 9.17) is 11.6 Å². The third kappa shape index (κ3) is 16.6. The number of hydrogen-bond donors (Lipinski definition) is 0. The van der Waals surface area contributed by atoms with Gasteiger partial charge in [0.25, 0.3) is 0 Å². The van der Waals surface area contributed by atoms with E-state index in [1.807, 2.05) is 0 Å². The van der Waals surface area contributed by atoms with E-state index in [-0.39, 0.29) is 5.24 Å². The lowest BCUT2D eigenvalue weighted by atomic mass is 9.81. The number of unbranched alkanes of at least 4 members (excludes halogenated alkanes) is 13. The first-order valence-corrected chi connectivity index (χ1v) is 12.6. The molecule has 0 saturated heterocycles. The Morgan fingerprint density at radius 1 is 0.690 bits per heavy atom.